The average Bonchev–Trinajstić information content (AvgIpc) is 2.96. The zero-order valence-corrected chi connectivity index (χ0v) is 13.0. The number of carbonyl (C=O) groups excluding carboxylic acids is 1. The number of para-hydroxylation sites is 1. The van der Waals surface area contributed by atoms with Crippen LogP contribution in [0.5, 0.6) is 0 Å². The van der Waals surface area contributed by atoms with Gasteiger partial charge in [-0.05, 0) is 50.9 Å². The number of aromatic nitrogens is 1. The molecule has 1 aliphatic rings. The molecule has 1 fully saturated rings. The molecule has 118 valence electrons. The second-order valence-corrected chi connectivity index (χ2v) is 6.02. The zero-order chi connectivity index (χ0) is 15.4. The van der Waals surface area contributed by atoms with Crippen LogP contribution in [0.2, 0.25) is 0 Å². The van der Waals surface area contributed by atoms with Crippen molar-refractivity contribution in [2.75, 3.05) is 26.7 Å². The molecule has 2 heterocycles. The molecule has 5 heteroatoms. The highest BCUT2D eigenvalue weighted by molar-refractivity contribution is 5.86. The Kier molecular flexibility index (Phi) is 4.73. The van der Waals surface area contributed by atoms with Crippen LogP contribution in [0.3, 0.4) is 0 Å². The van der Waals surface area contributed by atoms with Crippen LogP contribution in [0.15, 0.2) is 28.8 Å². The first-order valence-corrected chi connectivity index (χ1v) is 8.03. The van der Waals surface area contributed by atoms with Crippen molar-refractivity contribution in [1.29, 1.82) is 0 Å². The van der Waals surface area contributed by atoms with Crippen molar-refractivity contribution in [3.63, 3.8) is 0 Å². The summed E-state index contributed by atoms with van der Waals surface area (Å²) in [5.74, 6) is 0.899. The van der Waals surface area contributed by atoms with Crippen LogP contribution >= 0.6 is 0 Å². The van der Waals surface area contributed by atoms with Gasteiger partial charge >= 0.3 is 0 Å². The third-order valence-electron chi connectivity index (χ3n) is 4.54. The summed E-state index contributed by atoms with van der Waals surface area (Å²) in [7, 11) is 1.99. The highest BCUT2D eigenvalue weighted by atomic mass is 16.5. The Balaban J connectivity index is 1.57. The molecule has 1 saturated heterocycles. The minimum absolute atomic E-state index is 0.158. The van der Waals surface area contributed by atoms with Crippen LogP contribution in [-0.4, -0.2) is 42.6 Å². The number of nitrogens with zero attached hydrogens (tertiary/aromatic N) is 2. The van der Waals surface area contributed by atoms with Gasteiger partial charge in [0, 0.05) is 18.5 Å². The molecule has 0 bridgehead atoms. The first-order chi connectivity index (χ1) is 10.8. The van der Waals surface area contributed by atoms with Crippen LogP contribution in [0.25, 0.3) is 11.0 Å². The van der Waals surface area contributed by atoms with Crippen LogP contribution in [0.1, 0.15) is 25.0 Å². The zero-order valence-electron chi connectivity index (χ0n) is 13.0. The van der Waals surface area contributed by atoms with Crippen molar-refractivity contribution in [2.24, 2.45) is 5.92 Å². The molecule has 0 radical (unpaired) electrons. The standard InChI is InChI=1S/C17H23N3O2/c1-18-9-6-13-7-10-20(11-8-13)17(21)12-15-14-4-2-3-5-16(14)22-19-15/h2-5,13,18H,6-12H2,1H3. The van der Waals surface area contributed by atoms with E-state index in [0.29, 0.717) is 6.42 Å². The van der Waals surface area contributed by atoms with Gasteiger partial charge < -0.3 is 14.7 Å². The summed E-state index contributed by atoms with van der Waals surface area (Å²) in [4.78, 5) is 14.4. The van der Waals surface area contributed by atoms with E-state index in [0.717, 1.165) is 55.1 Å². The first kappa shape index (κ1) is 15.0. The molecule has 0 saturated carbocycles. The van der Waals surface area contributed by atoms with Gasteiger partial charge in [0.05, 0.1) is 6.42 Å². The van der Waals surface area contributed by atoms with Gasteiger partial charge in [0.1, 0.15) is 5.69 Å². The highest BCUT2D eigenvalue weighted by Crippen LogP contribution is 2.22. The van der Waals surface area contributed by atoms with Crippen molar-refractivity contribution >= 4 is 16.9 Å². The fourth-order valence-electron chi connectivity index (χ4n) is 3.14. The van der Waals surface area contributed by atoms with E-state index in [2.05, 4.69) is 10.5 Å². The Morgan fingerprint density at radius 2 is 2.14 bits per heavy atom. The molecule has 1 aromatic heterocycles. The number of fused-ring (bicyclic) bond motifs is 1. The Labute approximate surface area is 130 Å². The molecule has 22 heavy (non-hydrogen) atoms. The van der Waals surface area contributed by atoms with E-state index < -0.39 is 0 Å². The normalized spacial score (nSPS) is 16.3. The summed E-state index contributed by atoms with van der Waals surface area (Å²) in [6.45, 7) is 2.79. The fourth-order valence-corrected chi connectivity index (χ4v) is 3.14. The predicted molar refractivity (Wildman–Crippen MR) is 85.6 cm³/mol. The molecule has 1 amide bonds. The van der Waals surface area contributed by atoms with Gasteiger partial charge in [0.2, 0.25) is 5.91 Å². The van der Waals surface area contributed by atoms with Crippen molar-refractivity contribution in [1.82, 2.24) is 15.4 Å². The minimum Gasteiger partial charge on any atom is -0.356 e. The van der Waals surface area contributed by atoms with Gasteiger partial charge in [-0.15, -0.1) is 0 Å². The lowest BCUT2D eigenvalue weighted by atomic mass is 9.93. The molecule has 1 N–H and O–H groups in total. The molecule has 5 nitrogen and oxygen atoms in total. The number of rotatable bonds is 5. The van der Waals surface area contributed by atoms with Crippen LogP contribution in [-0.2, 0) is 11.2 Å². The Hall–Kier alpha value is -1.88. The van der Waals surface area contributed by atoms with E-state index >= 15 is 0 Å². The summed E-state index contributed by atoms with van der Waals surface area (Å²) in [6.07, 6.45) is 3.74. The van der Waals surface area contributed by atoms with Crippen molar-refractivity contribution in [2.45, 2.75) is 25.7 Å². The molecule has 2 aromatic rings. The van der Waals surface area contributed by atoms with E-state index in [1.165, 1.54) is 6.42 Å². The van der Waals surface area contributed by atoms with Crippen LogP contribution in [0.4, 0.5) is 0 Å². The predicted octanol–water partition coefficient (Wildman–Crippen LogP) is 2.22. The quantitative estimate of drug-likeness (QED) is 0.920. The van der Waals surface area contributed by atoms with E-state index in [1.54, 1.807) is 0 Å². The van der Waals surface area contributed by atoms with Crippen molar-refractivity contribution in [3.8, 4) is 0 Å². The lowest BCUT2D eigenvalue weighted by Gasteiger charge is -2.32. The largest absolute Gasteiger partial charge is 0.356 e. The Morgan fingerprint density at radius 1 is 1.36 bits per heavy atom. The summed E-state index contributed by atoms with van der Waals surface area (Å²) < 4.78 is 5.27. The van der Waals surface area contributed by atoms with Gasteiger partial charge in [0.15, 0.2) is 5.58 Å². The van der Waals surface area contributed by atoms with Gasteiger partial charge in [-0.1, -0.05) is 17.3 Å². The maximum Gasteiger partial charge on any atom is 0.228 e. The van der Waals surface area contributed by atoms with Gasteiger partial charge in [-0.2, -0.15) is 0 Å². The fraction of sp³-hybridized carbons (Fsp3) is 0.529. The van der Waals surface area contributed by atoms with Crippen molar-refractivity contribution in [3.05, 3.63) is 30.0 Å². The van der Waals surface area contributed by atoms with Crippen LogP contribution < -0.4 is 5.32 Å². The van der Waals surface area contributed by atoms with Gasteiger partial charge in [-0.3, -0.25) is 4.79 Å². The number of carbonyl (C=O) groups is 1. The summed E-state index contributed by atoms with van der Waals surface area (Å²) in [6, 6.07) is 7.69. The monoisotopic (exact) mass is 301 g/mol. The Morgan fingerprint density at radius 3 is 2.91 bits per heavy atom. The number of benzene rings is 1. The van der Waals surface area contributed by atoms with Crippen molar-refractivity contribution < 1.29 is 9.32 Å². The molecule has 1 aromatic carbocycles. The molecular formula is C17H23N3O2. The third kappa shape index (κ3) is 3.30. The molecule has 0 unspecified atom stereocenters. The molecule has 3 rings (SSSR count). The summed E-state index contributed by atoms with van der Waals surface area (Å²) in [5.41, 5.74) is 1.49. The Bertz CT molecular complexity index is 630. The van der Waals surface area contributed by atoms with E-state index in [9.17, 15) is 4.79 Å². The van der Waals surface area contributed by atoms with Gasteiger partial charge in [0.25, 0.3) is 0 Å². The molecular weight excluding hydrogens is 278 g/mol. The molecule has 0 atom stereocenters. The second-order valence-electron chi connectivity index (χ2n) is 6.02. The summed E-state index contributed by atoms with van der Waals surface area (Å²) in [5, 5.41) is 8.20. The van der Waals surface area contributed by atoms with Crippen LogP contribution in [0, 0.1) is 5.92 Å². The highest BCUT2D eigenvalue weighted by Gasteiger charge is 2.23. The number of nitrogens with one attached hydrogen (secondary N) is 1. The first-order valence-electron chi connectivity index (χ1n) is 8.03. The molecule has 0 spiro atoms. The maximum absolute atomic E-state index is 12.5. The topological polar surface area (TPSA) is 58.4 Å². The molecule has 1 aliphatic heterocycles. The smallest absolute Gasteiger partial charge is 0.228 e. The number of likely N-dealkylation sites (tertiary alicyclic amines) is 1. The third-order valence-corrected chi connectivity index (χ3v) is 4.54. The average molecular weight is 301 g/mol. The van der Waals surface area contributed by atoms with E-state index in [-0.39, 0.29) is 5.91 Å². The number of piperidine rings is 1. The number of amides is 1. The summed E-state index contributed by atoms with van der Waals surface area (Å²) >= 11 is 0. The van der Waals surface area contributed by atoms with Gasteiger partial charge in [-0.25, -0.2) is 0 Å². The lowest BCUT2D eigenvalue weighted by Crippen LogP contribution is -2.39. The SMILES string of the molecule is CNCCC1CCN(C(=O)Cc2noc3ccccc23)CC1. The minimum atomic E-state index is 0.158. The number of hydrogen-bond donors (Lipinski definition) is 1. The number of hydrogen-bond acceptors (Lipinski definition) is 4. The lowest BCUT2D eigenvalue weighted by molar-refractivity contribution is -0.131. The van der Waals surface area contributed by atoms with E-state index in [4.69, 9.17) is 4.52 Å². The van der Waals surface area contributed by atoms with E-state index in [1.807, 2.05) is 36.2 Å². The second kappa shape index (κ2) is 6.92. The maximum atomic E-state index is 12.5. The molecule has 0 aliphatic carbocycles.